The molecule has 2 rings (SSSR count). The Labute approximate surface area is 102 Å². The number of amides is 1. The van der Waals surface area contributed by atoms with Gasteiger partial charge in [0.15, 0.2) is 0 Å². The molecule has 6 nitrogen and oxygen atoms in total. The van der Waals surface area contributed by atoms with Crippen LogP contribution in [-0.4, -0.2) is 67.2 Å². The zero-order valence-corrected chi connectivity index (χ0v) is 10.4. The maximum atomic E-state index is 11.5. The van der Waals surface area contributed by atoms with Crippen molar-refractivity contribution in [3.63, 3.8) is 0 Å². The second-order valence-electron chi connectivity index (χ2n) is 4.77. The van der Waals surface area contributed by atoms with Crippen molar-refractivity contribution in [3.05, 3.63) is 0 Å². The van der Waals surface area contributed by atoms with Gasteiger partial charge in [-0.15, -0.1) is 0 Å². The van der Waals surface area contributed by atoms with Gasteiger partial charge in [0.05, 0.1) is 19.3 Å². The summed E-state index contributed by atoms with van der Waals surface area (Å²) in [6.45, 7) is 7.51. The molecule has 0 spiro atoms. The predicted octanol–water partition coefficient (Wildman–Crippen LogP) is -1.23. The van der Waals surface area contributed by atoms with Crippen LogP contribution in [0.15, 0.2) is 0 Å². The SMILES string of the molecule is CC(C(=O)NN)N1CCC(N2CCOCC2)C1. The van der Waals surface area contributed by atoms with Crippen molar-refractivity contribution in [1.82, 2.24) is 15.2 Å². The monoisotopic (exact) mass is 242 g/mol. The molecule has 2 aliphatic rings. The van der Waals surface area contributed by atoms with Crippen molar-refractivity contribution in [2.45, 2.75) is 25.4 Å². The lowest BCUT2D eigenvalue weighted by molar-refractivity contribution is -0.125. The van der Waals surface area contributed by atoms with E-state index in [1.54, 1.807) is 0 Å². The molecule has 0 radical (unpaired) electrons. The number of carbonyl (C=O) groups is 1. The van der Waals surface area contributed by atoms with Crippen LogP contribution in [-0.2, 0) is 9.53 Å². The van der Waals surface area contributed by atoms with Crippen LogP contribution in [0.3, 0.4) is 0 Å². The molecule has 2 aliphatic heterocycles. The van der Waals surface area contributed by atoms with E-state index in [1.807, 2.05) is 6.92 Å². The molecular formula is C11H22N4O2. The van der Waals surface area contributed by atoms with Crippen LogP contribution >= 0.6 is 0 Å². The van der Waals surface area contributed by atoms with E-state index < -0.39 is 0 Å². The molecular weight excluding hydrogens is 220 g/mol. The fourth-order valence-electron chi connectivity index (χ4n) is 2.65. The Morgan fingerprint density at radius 3 is 2.76 bits per heavy atom. The first-order valence-corrected chi connectivity index (χ1v) is 6.28. The maximum absolute atomic E-state index is 11.5. The molecule has 3 N–H and O–H groups in total. The Kier molecular flexibility index (Phi) is 4.33. The molecule has 17 heavy (non-hydrogen) atoms. The van der Waals surface area contributed by atoms with Gasteiger partial charge in [0.1, 0.15) is 0 Å². The van der Waals surface area contributed by atoms with Crippen molar-refractivity contribution in [1.29, 1.82) is 0 Å². The van der Waals surface area contributed by atoms with Crippen molar-refractivity contribution in [2.75, 3.05) is 39.4 Å². The Morgan fingerprint density at radius 1 is 1.41 bits per heavy atom. The van der Waals surface area contributed by atoms with Gasteiger partial charge in [0.25, 0.3) is 5.91 Å². The van der Waals surface area contributed by atoms with E-state index in [0.717, 1.165) is 45.8 Å². The second-order valence-corrected chi connectivity index (χ2v) is 4.77. The molecule has 2 atom stereocenters. The minimum Gasteiger partial charge on any atom is -0.379 e. The van der Waals surface area contributed by atoms with Crippen LogP contribution in [0.25, 0.3) is 0 Å². The zero-order valence-electron chi connectivity index (χ0n) is 10.4. The number of ether oxygens (including phenoxy) is 1. The molecule has 1 amide bonds. The highest BCUT2D eigenvalue weighted by Crippen LogP contribution is 2.18. The first-order valence-electron chi connectivity index (χ1n) is 6.28. The largest absolute Gasteiger partial charge is 0.379 e. The van der Waals surface area contributed by atoms with Gasteiger partial charge in [0, 0.05) is 32.2 Å². The molecule has 2 saturated heterocycles. The topological polar surface area (TPSA) is 70.8 Å². The summed E-state index contributed by atoms with van der Waals surface area (Å²) in [5, 5.41) is 0. The predicted molar refractivity (Wildman–Crippen MR) is 64.2 cm³/mol. The van der Waals surface area contributed by atoms with Crippen LogP contribution in [0.2, 0.25) is 0 Å². The Morgan fingerprint density at radius 2 is 2.12 bits per heavy atom. The van der Waals surface area contributed by atoms with Crippen molar-refractivity contribution < 1.29 is 9.53 Å². The third kappa shape index (κ3) is 2.95. The van der Waals surface area contributed by atoms with Crippen molar-refractivity contribution in [2.24, 2.45) is 5.84 Å². The lowest BCUT2D eigenvalue weighted by atomic mass is 10.2. The Bertz CT molecular complexity index is 268. The van der Waals surface area contributed by atoms with Gasteiger partial charge in [-0.25, -0.2) is 5.84 Å². The number of likely N-dealkylation sites (tertiary alicyclic amines) is 1. The lowest BCUT2D eigenvalue weighted by Crippen LogP contribution is -2.49. The molecule has 0 aromatic heterocycles. The summed E-state index contributed by atoms with van der Waals surface area (Å²) in [6, 6.07) is 0.429. The van der Waals surface area contributed by atoms with Crippen LogP contribution in [0.4, 0.5) is 0 Å². The minimum absolute atomic E-state index is 0.104. The number of nitrogens with zero attached hydrogens (tertiary/aromatic N) is 2. The highest BCUT2D eigenvalue weighted by atomic mass is 16.5. The van der Waals surface area contributed by atoms with Gasteiger partial charge in [0.2, 0.25) is 0 Å². The van der Waals surface area contributed by atoms with E-state index in [0.29, 0.717) is 6.04 Å². The van der Waals surface area contributed by atoms with E-state index in [1.165, 1.54) is 0 Å². The Hall–Kier alpha value is -0.690. The van der Waals surface area contributed by atoms with Crippen LogP contribution in [0.1, 0.15) is 13.3 Å². The molecule has 0 aliphatic carbocycles. The van der Waals surface area contributed by atoms with Gasteiger partial charge in [-0.1, -0.05) is 0 Å². The van der Waals surface area contributed by atoms with Crippen LogP contribution in [0.5, 0.6) is 0 Å². The van der Waals surface area contributed by atoms with Crippen molar-refractivity contribution in [3.8, 4) is 0 Å². The van der Waals surface area contributed by atoms with Gasteiger partial charge in [-0.3, -0.25) is 20.0 Å². The summed E-state index contributed by atoms with van der Waals surface area (Å²) in [5.74, 6) is 5.06. The zero-order chi connectivity index (χ0) is 12.3. The standard InChI is InChI=1S/C11H22N4O2/c1-9(11(16)13-12)15-3-2-10(8-15)14-4-6-17-7-5-14/h9-10H,2-8,12H2,1H3,(H,13,16). The van der Waals surface area contributed by atoms with Gasteiger partial charge < -0.3 is 4.74 Å². The summed E-state index contributed by atoms with van der Waals surface area (Å²) in [5.41, 5.74) is 2.22. The summed E-state index contributed by atoms with van der Waals surface area (Å²) in [4.78, 5) is 16.1. The van der Waals surface area contributed by atoms with Crippen LogP contribution in [0, 0.1) is 0 Å². The van der Waals surface area contributed by atoms with E-state index in [9.17, 15) is 4.79 Å². The number of nitrogens with one attached hydrogen (secondary N) is 1. The fraction of sp³-hybridized carbons (Fsp3) is 0.909. The molecule has 2 unspecified atom stereocenters. The molecule has 0 bridgehead atoms. The number of rotatable bonds is 3. The molecule has 2 heterocycles. The smallest absolute Gasteiger partial charge is 0.250 e. The number of hydrazine groups is 1. The fourth-order valence-corrected chi connectivity index (χ4v) is 2.65. The molecule has 2 fully saturated rings. The first-order chi connectivity index (χ1) is 8.22. The molecule has 0 saturated carbocycles. The average Bonchev–Trinajstić information content (AvgIpc) is 2.87. The number of morpholine rings is 1. The van der Waals surface area contributed by atoms with Gasteiger partial charge >= 0.3 is 0 Å². The normalized spacial score (nSPS) is 29.2. The molecule has 0 aromatic carbocycles. The first kappa shape index (κ1) is 12.8. The third-order valence-corrected chi connectivity index (χ3v) is 3.83. The number of nitrogens with two attached hydrogens (primary N) is 1. The van der Waals surface area contributed by atoms with Crippen molar-refractivity contribution >= 4 is 5.91 Å². The average molecular weight is 242 g/mol. The number of hydrogen-bond acceptors (Lipinski definition) is 5. The Balaban J connectivity index is 1.84. The highest BCUT2D eigenvalue weighted by molar-refractivity contribution is 5.80. The molecule has 6 heteroatoms. The van der Waals surface area contributed by atoms with E-state index in [-0.39, 0.29) is 11.9 Å². The highest BCUT2D eigenvalue weighted by Gasteiger charge is 2.32. The van der Waals surface area contributed by atoms with E-state index in [2.05, 4.69) is 15.2 Å². The summed E-state index contributed by atoms with van der Waals surface area (Å²) in [6.07, 6.45) is 1.13. The second kappa shape index (κ2) is 5.77. The van der Waals surface area contributed by atoms with Gasteiger partial charge in [-0.05, 0) is 13.3 Å². The lowest BCUT2D eigenvalue weighted by Gasteiger charge is -2.32. The van der Waals surface area contributed by atoms with E-state index in [4.69, 9.17) is 10.6 Å². The number of carbonyl (C=O) groups excluding carboxylic acids is 1. The van der Waals surface area contributed by atoms with Gasteiger partial charge in [-0.2, -0.15) is 0 Å². The van der Waals surface area contributed by atoms with Crippen LogP contribution < -0.4 is 11.3 Å². The summed E-state index contributed by atoms with van der Waals surface area (Å²) < 4.78 is 5.35. The van der Waals surface area contributed by atoms with E-state index >= 15 is 0 Å². The summed E-state index contributed by atoms with van der Waals surface area (Å²) >= 11 is 0. The minimum atomic E-state index is -0.133. The number of hydrogen-bond donors (Lipinski definition) is 2. The molecule has 98 valence electrons. The maximum Gasteiger partial charge on any atom is 0.250 e. The molecule has 0 aromatic rings. The quantitative estimate of drug-likeness (QED) is 0.368. The summed E-state index contributed by atoms with van der Waals surface area (Å²) in [7, 11) is 0. The third-order valence-electron chi connectivity index (χ3n) is 3.83.